The van der Waals surface area contributed by atoms with Gasteiger partial charge in [-0.2, -0.15) is 0 Å². The number of para-hydroxylation sites is 1. The third kappa shape index (κ3) is 5.03. The molecule has 0 bridgehead atoms. The maximum Gasteiger partial charge on any atom is 0.303 e. The SMILES string of the molecule is COc1ccc(Nc2ccccc2C(=O)N2CCCC(CCC(=O)O)C2)cc1. The largest absolute Gasteiger partial charge is 0.497 e. The van der Waals surface area contributed by atoms with Crippen LogP contribution in [0.15, 0.2) is 48.5 Å². The number of piperidine rings is 1. The number of aliphatic carboxylic acids is 1. The second kappa shape index (κ2) is 9.26. The van der Waals surface area contributed by atoms with Crippen molar-refractivity contribution in [1.82, 2.24) is 4.90 Å². The number of carbonyl (C=O) groups excluding carboxylic acids is 1. The molecular weight excluding hydrogens is 356 g/mol. The fraction of sp³-hybridized carbons (Fsp3) is 0.364. The van der Waals surface area contributed by atoms with Crippen LogP contribution in [0.5, 0.6) is 5.75 Å². The van der Waals surface area contributed by atoms with Gasteiger partial charge in [0.25, 0.3) is 5.91 Å². The number of anilines is 2. The summed E-state index contributed by atoms with van der Waals surface area (Å²) in [7, 11) is 1.62. The Hall–Kier alpha value is -3.02. The minimum absolute atomic E-state index is 0.0170. The second-order valence-electron chi connectivity index (χ2n) is 7.09. The number of carboxylic acid groups (broad SMARTS) is 1. The molecule has 0 aromatic heterocycles. The lowest BCUT2D eigenvalue weighted by atomic mass is 9.93. The van der Waals surface area contributed by atoms with Crippen molar-refractivity contribution in [2.75, 3.05) is 25.5 Å². The van der Waals surface area contributed by atoms with E-state index in [9.17, 15) is 9.59 Å². The van der Waals surface area contributed by atoms with E-state index in [0.717, 1.165) is 30.0 Å². The van der Waals surface area contributed by atoms with Crippen LogP contribution in [0, 0.1) is 5.92 Å². The molecule has 2 aromatic rings. The maximum atomic E-state index is 13.1. The summed E-state index contributed by atoms with van der Waals surface area (Å²) < 4.78 is 5.18. The number of nitrogens with one attached hydrogen (secondary N) is 1. The number of amides is 1. The molecule has 28 heavy (non-hydrogen) atoms. The summed E-state index contributed by atoms with van der Waals surface area (Å²) in [6.45, 7) is 1.32. The molecule has 6 nitrogen and oxygen atoms in total. The number of carbonyl (C=O) groups is 2. The molecule has 1 amide bonds. The summed E-state index contributed by atoms with van der Waals surface area (Å²) in [5.74, 6) is 0.222. The Morgan fingerprint density at radius 3 is 2.64 bits per heavy atom. The monoisotopic (exact) mass is 382 g/mol. The van der Waals surface area contributed by atoms with Gasteiger partial charge in [-0.3, -0.25) is 9.59 Å². The molecule has 3 rings (SSSR count). The van der Waals surface area contributed by atoms with Gasteiger partial charge in [-0.25, -0.2) is 0 Å². The van der Waals surface area contributed by atoms with Crippen LogP contribution in [0.3, 0.4) is 0 Å². The van der Waals surface area contributed by atoms with Crippen LogP contribution < -0.4 is 10.1 Å². The highest BCUT2D eigenvalue weighted by Crippen LogP contribution is 2.27. The first kappa shape index (κ1) is 19.7. The summed E-state index contributed by atoms with van der Waals surface area (Å²) in [6, 6.07) is 15.0. The van der Waals surface area contributed by atoms with E-state index in [0.29, 0.717) is 25.1 Å². The molecule has 1 saturated heterocycles. The Bertz CT molecular complexity index is 820. The first-order valence-corrected chi connectivity index (χ1v) is 9.58. The number of rotatable bonds is 7. The summed E-state index contributed by atoms with van der Waals surface area (Å²) in [5.41, 5.74) is 2.25. The van der Waals surface area contributed by atoms with Crippen molar-refractivity contribution in [2.24, 2.45) is 5.92 Å². The Labute approximate surface area is 165 Å². The number of likely N-dealkylation sites (tertiary alicyclic amines) is 1. The lowest BCUT2D eigenvalue weighted by Gasteiger charge is -2.33. The zero-order valence-electron chi connectivity index (χ0n) is 16.1. The molecule has 6 heteroatoms. The van der Waals surface area contributed by atoms with Gasteiger partial charge in [-0.05, 0) is 61.6 Å². The standard InChI is InChI=1S/C22H26N2O4/c1-28-18-11-9-17(10-12-18)23-20-7-3-2-6-19(20)22(27)24-14-4-5-16(15-24)8-13-21(25)26/h2-3,6-7,9-12,16,23H,4-5,8,13-15H2,1H3,(H,25,26). The summed E-state index contributed by atoms with van der Waals surface area (Å²) in [6.07, 6.45) is 2.65. The Balaban J connectivity index is 1.72. The molecule has 2 aromatic carbocycles. The highest BCUT2D eigenvalue weighted by Gasteiger charge is 2.26. The minimum atomic E-state index is -0.780. The number of nitrogens with zero attached hydrogens (tertiary/aromatic N) is 1. The van der Waals surface area contributed by atoms with Crippen LogP contribution in [-0.4, -0.2) is 42.1 Å². The molecular formula is C22H26N2O4. The second-order valence-corrected chi connectivity index (χ2v) is 7.09. The average molecular weight is 382 g/mol. The zero-order chi connectivity index (χ0) is 19.9. The van der Waals surface area contributed by atoms with Crippen LogP contribution in [0.1, 0.15) is 36.0 Å². The number of benzene rings is 2. The number of hydrogen-bond acceptors (Lipinski definition) is 4. The Kier molecular flexibility index (Phi) is 6.53. The average Bonchev–Trinajstić information content (AvgIpc) is 2.73. The molecule has 0 radical (unpaired) electrons. The van der Waals surface area contributed by atoms with Crippen molar-refractivity contribution < 1.29 is 19.4 Å². The van der Waals surface area contributed by atoms with E-state index in [4.69, 9.17) is 9.84 Å². The van der Waals surface area contributed by atoms with E-state index in [-0.39, 0.29) is 18.2 Å². The van der Waals surface area contributed by atoms with E-state index in [2.05, 4.69) is 5.32 Å². The molecule has 1 atom stereocenters. The third-order valence-corrected chi connectivity index (χ3v) is 5.10. The predicted octanol–water partition coefficient (Wildman–Crippen LogP) is 4.16. The van der Waals surface area contributed by atoms with Crippen molar-refractivity contribution in [3.63, 3.8) is 0 Å². The number of ether oxygens (including phenoxy) is 1. The highest BCUT2D eigenvalue weighted by molar-refractivity contribution is 6.00. The first-order chi connectivity index (χ1) is 13.6. The molecule has 1 fully saturated rings. The minimum Gasteiger partial charge on any atom is -0.497 e. The lowest BCUT2D eigenvalue weighted by molar-refractivity contribution is -0.137. The van der Waals surface area contributed by atoms with E-state index in [1.54, 1.807) is 7.11 Å². The van der Waals surface area contributed by atoms with Gasteiger partial charge in [-0.15, -0.1) is 0 Å². The van der Waals surface area contributed by atoms with Crippen LogP contribution in [0.25, 0.3) is 0 Å². The van der Waals surface area contributed by atoms with E-state index in [1.165, 1.54) is 0 Å². The van der Waals surface area contributed by atoms with Crippen LogP contribution in [0.2, 0.25) is 0 Å². The number of methoxy groups -OCH3 is 1. The molecule has 0 aliphatic carbocycles. The van der Waals surface area contributed by atoms with Gasteiger partial charge in [0.1, 0.15) is 5.75 Å². The fourth-order valence-electron chi connectivity index (χ4n) is 3.59. The Morgan fingerprint density at radius 1 is 1.18 bits per heavy atom. The fourth-order valence-corrected chi connectivity index (χ4v) is 3.59. The highest BCUT2D eigenvalue weighted by atomic mass is 16.5. The number of hydrogen-bond donors (Lipinski definition) is 2. The third-order valence-electron chi connectivity index (χ3n) is 5.10. The van der Waals surface area contributed by atoms with Gasteiger partial charge in [0, 0.05) is 25.2 Å². The quantitative estimate of drug-likeness (QED) is 0.752. The zero-order valence-corrected chi connectivity index (χ0v) is 16.1. The molecule has 1 unspecified atom stereocenters. The van der Waals surface area contributed by atoms with Crippen molar-refractivity contribution in [3.8, 4) is 5.75 Å². The van der Waals surface area contributed by atoms with Crippen LogP contribution in [0.4, 0.5) is 11.4 Å². The topological polar surface area (TPSA) is 78.9 Å². The van der Waals surface area contributed by atoms with Crippen LogP contribution in [-0.2, 0) is 4.79 Å². The van der Waals surface area contributed by atoms with Gasteiger partial charge in [0.2, 0.25) is 0 Å². The molecule has 1 aliphatic rings. The van der Waals surface area contributed by atoms with E-state index < -0.39 is 5.97 Å². The van der Waals surface area contributed by atoms with E-state index in [1.807, 2.05) is 53.4 Å². The van der Waals surface area contributed by atoms with Crippen molar-refractivity contribution in [3.05, 3.63) is 54.1 Å². The Morgan fingerprint density at radius 2 is 1.93 bits per heavy atom. The van der Waals surface area contributed by atoms with Gasteiger partial charge < -0.3 is 20.1 Å². The molecule has 0 spiro atoms. The molecule has 0 saturated carbocycles. The molecule has 148 valence electrons. The summed E-state index contributed by atoms with van der Waals surface area (Å²) in [4.78, 5) is 25.8. The molecule has 1 heterocycles. The predicted molar refractivity (Wildman–Crippen MR) is 108 cm³/mol. The normalized spacial score (nSPS) is 16.5. The molecule has 2 N–H and O–H groups in total. The van der Waals surface area contributed by atoms with Gasteiger partial charge >= 0.3 is 5.97 Å². The van der Waals surface area contributed by atoms with Crippen LogP contribution >= 0.6 is 0 Å². The smallest absolute Gasteiger partial charge is 0.303 e. The van der Waals surface area contributed by atoms with Crippen molar-refractivity contribution >= 4 is 23.3 Å². The first-order valence-electron chi connectivity index (χ1n) is 9.58. The summed E-state index contributed by atoms with van der Waals surface area (Å²) in [5, 5.41) is 12.2. The molecule has 1 aliphatic heterocycles. The van der Waals surface area contributed by atoms with Gasteiger partial charge in [0.15, 0.2) is 0 Å². The van der Waals surface area contributed by atoms with Crippen molar-refractivity contribution in [1.29, 1.82) is 0 Å². The lowest BCUT2D eigenvalue weighted by Crippen LogP contribution is -2.40. The summed E-state index contributed by atoms with van der Waals surface area (Å²) >= 11 is 0. The number of carboxylic acids is 1. The van der Waals surface area contributed by atoms with Gasteiger partial charge in [-0.1, -0.05) is 12.1 Å². The maximum absolute atomic E-state index is 13.1. The van der Waals surface area contributed by atoms with E-state index >= 15 is 0 Å². The van der Waals surface area contributed by atoms with Gasteiger partial charge in [0.05, 0.1) is 18.4 Å². The van der Waals surface area contributed by atoms with Crippen molar-refractivity contribution in [2.45, 2.75) is 25.7 Å².